The zero-order valence-corrected chi connectivity index (χ0v) is 10.9. The van der Waals surface area contributed by atoms with Crippen LogP contribution in [0, 0.1) is 0 Å². The zero-order chi connectivity index (χ0) is 13.8. The van der Waals surface area contributed by atoms with Crippen molar-refractivity contribution in [1.82, 2.24) is 15.5 Å². The Morgan fingerprint density at radius 1 is 1.26 bits per heavy atom. The monoisotopic (exact) mass is 263 g/mol. The molecule has 0 radical (unpaired) electrons. The van der Waals surface area contributed by atoms with Gasteiger partial charge in [0, 0.05) is 24.6 Å². The van der Waals surface area contributed by atoms with E-state index in [4.69, 9.17) is 4.52 Å². The summed E-state index contributed by atoms with van der Waals surface area (Å²) in [6, 6.07) is 4.82. The Morgan fingerprint density at radius 2 is 2.05 bits per heavy atom. The number of hydrogen-bond acceptors (Lipinski definition) is 6. The highest BCUT2D eigenvalue weighted by molar-refractivity contribution is 5.59. The van der Waals surface area contributed by atoms with Crippen LogP contribution in [0.2, 0.25) is 0 Å². The molecule has 6 heteroatoms. The third-order valence-corrected chi connectivity index (χ3v) is 2.59. The molecule has 0 atom stereocenters. The lowest BCUT2D eigenvalue weighted by atomic mass is 10.2. The Hall–Kier alpha value is -2.08. The van der Waals surface area contributed by atoms with Gasteiger partial charge in [-0.25, -0.2) is 0 Å². The molecule has 102 valence electrons. The van der Waals surface area contributed by atoms with Gasteiger partial charge in [-0.05, 0) is 18.2 Å². The first-order chi connectivity index (χ1) is 9.06. The fraction of sp³-hybridized carbons (Fsp3) is 0.385. The van der Waals surface area contributed by atoms with E-state index in [9.17, 15) is 10.2 Å². The smallest absolute Gasteiger partial charge is 0.228 e. The summed E-state index contributed by atoms with van der Waals surface area (Å²) >= 11 is 0. The number of phenolic OH excluding ortho intramolecular Hbond substituents is 2. The standard InChI is InChI=1S/C13H17N3O3/c1-8(2)14-6-5-12-15-13(16-19-12)9-3-4-10(17)11(18)7-9/h3-4,7-8,14,17-18H,5-6H2,1-2H3. The molecule has 0 saturated carbocycles. The zero-order valence-electron chi connectivity index (χ0n) is 10.9. The van der Waals surface area contributed by atoms with Crippen molar-refractivity contribution in [3.8, 4) is 22.9 Å². The minimum Gasteiger partial charge on any atom is -0.504 e. The minimum atomic E-state index is -0.203. The Bertz CT molecular complexity index is 552. The highest BCUT2D eigenvalue weighted by Gasteiger charge is 2.10. The van der Waals surface area contributed by atoms with Crippen molar-refractivity contribution in [3.05, 3.63) is 24.1 Å². The molecule has 0 amide bonds. The van der Waals surface area contributed by atoms with Crippen LogP contribution < -0.4 is 5.32 Å². The quantitative estimate of drug-likeness (QED) is 0.711. The number of hydrogen-bond donors (Lipinski definition) is 3. The molecule has 1 heterocycles. The van der Waals surface area contributed by atoms with Gasteiger partial charge in [-0.3, -0.25) is 0 Å². The van der Waals surface area contributed by atoms with Crippen molar-refractivity contribution in [1.29, 1.82) is 0 Å². The molecule has 0 saturated heterocycles. The molecule has 0 spiro atoms. The number of phenols is 2. The molecule has 3 N–H and O–H groups in total. The van der Waals surface area contributed by atoms with Gasteiger partial charge in [-0.2, -0.15) is 4.98 Å². The predicted octanol–water partition coefficient (Wildman–Crippen LogP) is 1.69. The van der Waals surface area contributed by atoms with Gasteiger partial charge < -0.3 is 20.1 Å². The third kappa shape index (κ3) is 3.45. The van der Waals surface area contributed by atoms with Gasteiger partial charge >= 0.3 is 0 Å². The van der Waals surface area contributed by atoms with Crippen LogP contribution in [0.3, 0.4) is 0 Å². The van der Waals surface area contributed by atoms with E-state index >= 15 is 0 Å². The molecule has 1 aromatic heterocycles. The summed E-state index contributed by atoms with van der Waals surface area (Å²) in [5, 5.41) is 25.8. The Balaban J connectivity index is 2.05. The summed E-state index contributed by atoms with van der Waals surface area (Å²) in [6.45, 7) is 4.90. The first kappa shape index (κ1) is 13.4. The molecule has 19 heavy (non-hydrogen) atoms. The first-order valence-electron chi connectivity index (χ1n) is 6.14. The van der Waals surface area contributed by atoms with Crippen molar-refractivity contribution in [2.45, 2.75) is 26.3 Å². The molecule has 0 aliphatic heterocycles. The molecule has 0 aliphatic carbocycles. The van der Waals surface area contributed by atoms with Crippen LogP contribution in [0.1, 0.15) is 19.7 Å². The molecule has 0 bridgehead atoms. The van der Waals surface area contributed by atoms with E-state index in [0.717, 1.165) is 6.54 Å². The SMILES string of the molecule is CC(C)NCCc1nc(-c2ccc(O)c(O)c2)no1. The van der Waals surface area contributed by atoms with Crippen LogP contribution in [0.25, 0.3) is 11.4 Å². The lowest BCUT2D eigenvalue weighted by molar-refractivity contribution is 0.374. The second-order valence-electron chi connectivity index (χ2n) is 4.57. The van der Waals surface area contributed by atoms with E-state index in [-0.39, 0.29) is 11.5 Å². The van der Waals surface area contributed by atoms with Crippen LogP contribution >= 0.6 is 0 Å². The largest absolute Gasteiger partial charge is 0.504 e. The van der Waals surface area contributed by atoms with E-state index < -0.39 is 0 Å². The van der Waals surface area contributed by atoms with Gasteiger partial charge in [-0.1, -0.05) is 19.0 Å². The van der Waals surface area contributed by atoms with E-state index in [0.29, 0.717) is 29.7 Å². The molecule has 0 fully saturated rings. The van der Waals surface area contributed by atoms with Crippen LogP contribution in [0.4, 0.5) is 0 Å². The van der Waals surface area contributed by atoms with Gasteiger partial charge in [0.15, 0.2) is 11.5 Å². The molecule has 6 nitrogen and oxygen atoms in total. The van der Waals surface area contributed by atoms with E-state index in [1.54, 1.807) is 6.07 Å². The molecule has 0 aliphatic rings. The average Bonchev–Trinajstić information content (AvgIpc) is 2.81. The minimum absolute atomic E-state index is 0.173. The Morgan fingerprint density at radius 3 is 2.74 bits per heavy atom. The highest BCUT2D eigenvalue weighted by Crippen LogP contribution is 2.29. The fourth-order valence-corrected chi connectivity index (χ4v) is 1.60. The average molecular weight is 263 g/mol. The number of benzene rings is 1. The Labute approximate surface area is 111 Å². The molecule has 1 aromatic carbocycles. The summed E-state index contributed by atoms with van der Waals surface area (Å²) in [5.74, 6) is 0.560. The summed E-state index contributed by atoms with van der Waals surface area (Å²) < 4.78 is 5.13. The van der Waals surface area contributed by atoms with Gasteiger partial charge in [0.25, 0.3) is 0 Å². The summed E-state index contributed by atoms with van der Waals surface area (Å²) in [7, 11) is 0. The lowest BCUT2D eigenvalue weighted by Crippen LogP contribution is -2.25. The van der Waals surface area contributed by atoms with Crippen LogP contribution in [-0.2, 0) is 6.42 Å². The summed E-state index contributed by atoms with van der Waals surface area (Å²) in [6.07, 6.45) is 0.648. The fourth-order valence-electron chi connectivity index (χ4n) is 1.60. The molecular formula is C13H17N3O3. The van der Waals surface area contributed by atoms with Crippen LogP contribution in [0.15, 0.2) is 22.7 Å². The van der Waals surface area contributed by atoms with Crippen molar-refractivity contribution >= 4 is 0 Å². The second-order valence-corrected chi connectivity index (χ2v) is 4.57. The summed E-state index contributed by atoms with van der Waals surface area (Å²) in [4.78, 5) is 4.24. The maximum Gasteiger partial charge on any atom is 0.228 e. The predicted molar refractivity (Wildman–Crippen MR) is 69.9 cm³/mol. The number of aromatic nitrogens is 2. The molecular weight excluding hydrogens is 246 g/mol. The number of aromatic hydroxyl groups is 2. The second kappa shape index (κ2) is 5.71. The van der Waals surface area contributed by atoms with Crippen molar-refractivity contribution in [2.75, 3.05) is 6.54 Å². The van der Waals surface area contributed by atoms with E-state index in [1.165, 1.54) is 12.1 Å². The summed E-state index contributed by atoms with van der Waals surface area (Å²) in [5.41, 5.74) is 0.599. The molecule has 2 rings (SSSR count). The normalized spacial score (nSPS) is 11.1. The molecule has 2 aromatic rings. The highest BCUT2D eigenvalue weighted by atomic mass is 16.5. The van der Waals surface area contributed by atoms with Gasteiger partial charge in [-0.15, -0.1) is 0 Å². The number of nitrogens with zero attached hydrogens (tertiary/aromatic N) is 2. The van der Waals surface area contributed by atoms with Crippen molar-refractivity contribution in [3.63, 3.8) is 0 Å². The third-order valence-electron chi connectivity index (χ3n) is 2.59. The van der Waals surface area contributed by atoms with Gasteiger partial charge in [0.2, 0.25) is 11.7 Å². The van der Waals surface area contributed by atoms with Crippen LogP contribution in [0.5, 0.6) is 11.5 Å². The number of nitrogens with one attached hydrogen (secondary N) is 1. The Kier molecular flexibility index (Phi) is 4.01. The maximum atomic E-state index is 9.42. The van der Waals surface area contributed by atoms with Crippen molar-refractivity contribution in [2.24, 2.45) is 0 Å². The van der Waals surface area contributed by atoms with Crippen LogP contribution in [-0.4, -0.2) is 32.9 Å². The number of rotatable bonds is 5. The molecule has 0 unspecified atom stereocenters. The van der Waals surface area contributed by atoms with Gasteiger partial charge in [0.05, 0.1) is 0 Å². The maximum absolute atomic E-state index is 9.42. The lowest BCUT2D eigenvalue weighted by Gasteiger charge is -2.04. The van der Waals surface area contributed by atoms with Gasteiger partial charge in [0.1, 0.15) is 0 Å². The van der Waals surface area contributed by atoms with E-state index in [1.807, 2.05) is 0 Å². The first-order valence-corrected chi connectivity index (χ1v) is 6.14. The topological polar surface area (TPSA) is 91.4 Å². The van der Waals surface area contributed by atoms with E-state index in [2.05, 4.69) is 29.3 Å². The van der Waals surface area contributed by atoms with Crippen molar-refractivity contribution < 1.29 is 14.7 Å².